The molecule has 0 spiro atoms. The largest absolute Gasteiger partial charge is 0.376 e. The zero-order valence-corrected chi connectivity index (χ0v) is 10.3. The monoisotopic (exact) mass is 236 g/mol. The van der Waals surface area contributed by atoms with E-state index >= 15 is 0 Å². The van der Waals surface area contributed by atoms with Gasteiger partial charge in [0, 0.05) is 19.6 Å². The summed E-state index contributed by atoms with van der Waals surface area (Å²) in [6.07, 6.45) is 6.09. The summed E-state index contributed by atoms with van der Waals surface area (Å²) >= 11 is 0. The van der Waals surface area contributed by atoms with Gasteiger partial charge in [-0.3, -0.25) is 4.68 Å². The van der Waals surface area contributed by atoms with Crippen LogP contribution in [0.2, 0.25) is 0 Å². The van der Waals surface area contributed by atoms with Crippen LogP contribution in [0.15, 0.2) is 6.33 Å². The zero-order valence-electron chi connectivity index (χ0n) is 10.3. The highest BCUT2D eigenvalue weighted by Crippen LogP contribution is 2.43. The minimum atomic E-state index is -0.235. The van der Waals surface area contributed by atoms with Crippen LogP contribution >= 0.6 is 0 Å². The molecular formula is C12H20N4O. The van der Waals surface area contributed by atoms with Crippen molar-refractivity contribution >= 4 is 0 Å². The lowest BCUT2D eigenvalue weighted by atomic mass is 9.86. The minimum Gasteiger partial charge on any atom is -0.376 e. The number of rotatable bonds is 4. The van der Waals surface area contributed by atoms with Crippen molar-refractivity contribution < 1.29 is 4.74 Å². The number of aryl methyl sites for hydroxylation is 1. The molecule has 2 heterocycles. The summed E-state index contributed by atoms with van der Waals surface area (Å²) in [5.74, 6) is 1.67. The van der Waals surface area contributed by atoms with Crippen molar-refractivity contribution in [3.63, 3.8) is 0 Å². The van der Waals surface area contributed by atoms with Crippen LogP contribution in [-0.2, 0) is 17.7 Å². The summed E-state index contributed by atoms with van der Waals surface area (Å²) in [6.45, 7) is 3.71. The second kappa shape index (κ2) is 4.07. The van der Waals surface area contributed by atoms with Gasteiger partial charge in [0.2, 0.25) is 0 Å². The number of nitrogens with zero attached hydrogens (tertiary/aromatic N) is 3. The van der Waals surface area contributed by atoms with Crippen LogP contribution in [0.4, 0.5) is 0 Å². The van der Waals surface area contributed by atoms with Gasteiger partial charge in [0.25, 0.3) is 0 Å². The summed E-state index contributed by atoms with van der Waals surface area (Å²) in [6, 6.07) is 0. The number of hydrogen-bond acceptors (Lipinski definition) is 4. The molecule has 1 saturated carbocycles. The predicted molar refractivity (Wildman–Crippen MR) is 63.4 cm³/mol. The van der Waals surface area contributed by atoms with Gasteiger partial charge in [-0.25, -0.2) is 4.98 Å². The molecule has 1 aliphatic carbocycles. The van der Waals surface area contributed by atoms with E-state index in [1.54, 1.807) is 6.33 Å². The number of ether oxygens (including phenoxy) is 1. The van der Waals surface area contributed by atoms with E-state index in [-0.39, 0.29) is 11.6 Å². The molecule has 0 amide bonds. The maximum Gasteiger partial charge on any atom is 0.138 e. The van der Waals surface area contributed by atoms with Gasteiger partial charge in [0.15, 0.2) is 0 Å². The average molecular weight is 236 g/mol. The highest BCUT2D eigenvalue weighted by Gasteiger charge is 2.49. The third kappa shape index (κ3) is 1.98. The first kappa shape index (κ1) is 11.2. The van der Waals surface area contributed by atoms with Crippen molar-refractivity contribution in [1.82, 2.24) is 14.8 Å². The molecule has 0 radical (unpaired) electrons. The second-order valence-corrected chi connectivity index (χ2v) is 5.28. The second-order valence-electron chi connectivity index (χ2n) is 5.28. The molecule has 2 N–H and O–H groups in total. The Morgan fingerprint density at radius 1 is 1.59 bits per heavy atom. The van der Waals surface area contributed by atoms with E-state index in [1.807, 2.05) is 4.68 Å². The van der Waals surface area contributed by atoms with Crippen molar-refractivity contribution in [1.29, 1.82) is 0 Å². The Balaban J connectivity index is 1.78. The van der Waals surface area contributed by atoms with Crippen molar-refractivity contribution in [3.8, 4) is 0 Å². The molecule has 2 unspecified atom stereocenters. The predicted octanol–water partition coefficient (Wildman–Crippen LogP) is 0.737. The lowest BCUT2D eigenvalue weighted by Crippen LogP contribution is -2.50. The van der Waals surface area contributed by atoms with Gasteiger partial charge in [-0.2, -0.15) is 5.10 Å². The van der Waals surface area contributed by atoms with Crippen LogP contribution in [0.25, 0.3) is 0 Å². The summed E-state index contributed by atoms with van der Waals surface area (Å²) in [5, 5.41) is 4.20. The van der Waals surface area contributed by atoms with Gasteiger partial charge in [-0.05, 0) is 32.1 Å². The van der Waals surface area contributed by atoms with Crippen LogP contribution in [0, 0.1) is 5.92 Å². The lowest BCUT2D eigenvalue weighted by Gasteiger charge is -2.29. The molecule has 5 heteroatoms. The first-order chi connectivity index (χ1) is 8.23. The maximum atomic E-state index is 6.55. The van der Waals surface area contributed by atoms with E-state index in [4.69, 9.17) is 10.5 Å². The Kier molecular flexibility index (Phi) is 2.67. The smallest absolute Gasteiger partial charge is 0.138 e. The normalized spacial score (nSPS) is 33.2. The fourth-order valence-electron chi connectivity index (χ4n) is 2.86. The fraction of sp³-hybridized carbons (Fsp3) is 0.833. The number of nitrogens with two attached hydrogens (primary N) is 1. The Hall–Kier alpha value is -0.940. The molecule has 94 valence electrons. The van der Waals surface area contributed by atoms with Gasteiger partial charge < -0.3 is 10.5 Å². The Morgan fingerprint density at radius 3 is 3.12 bits per heavy atom. The quantitative estimate of drug-likeness (QED) is 0.837. The molecule has 0 bridgehead atoms. The molecule has 0 aromatic carbocycles. The molecule has 2 aliphatic rings. The highest BCUT2D eigenvalue weighted by molar-refractivity contribution is 5.08. The molecule has 17 heavy (non-hydrogen) atoms. The summed E-state index contributed by atoms with van der Waals surface area (Å²) < 4.78 is 7.76. The van der Waals surface area contributed by atoms with Gasteiger partial charge in [0.1, 0.15) is 12.2 Å². The summed E-state index contributed by atoms with van der Waals surface area (Å²) in [5.41, 5.74) is 6.32. The van der Waals surface area contributed by atoms with Gasteiger partial charge in [-0.15, -0.1) is 0 Å². The third-order valence-electron chi connectivity index (χ3n) is 3.96. The Bertz CT molecular complexity index is 401. The van der Waals surface area contributed by atoms with Crippen LogP contribution in [0.3, 0.4) is 0 Å². The number of hydrogen-bond donors (Lipinski definition) is 1. The van der Waals surface area contributed by atoms with Crippen LogP contribution in [0.5, 0.6) is 0 Å². The first-order valence-corrected chi connectivity index (χ1v) is 6.50. The van der Waals surface area contributed by atoms with Gasteiger partial charge in [-0.1, -0.05) is 0 Å². The first-order valence-electron chi connectivity index (χ1n) is 6.50. The van der Waals surface area contributed by atoms with E-state index in [0.29, 0.717) is 5.92 Å². The third-order valence-corrected chi connectivity index (χ3v) is 3.96. The van der Waals surface area contributed by atoms with Gasteiger partial charge in [0.05, 0.1) is 11.6 Å². The van der Waals surface area contributed by atoms with Crippen molar-refractivity contribution in [2.75, 3.05) is 6.61 Å². The SMILES string of the molecule is CCn1ncnc1CC1(N)CCOC1C1CC1. The summed E-state index contributed by atoms with van der Waals surface area (Å²) in [4.78, 5) is 4.33. The molecule has 1 aliphatic heterocycles. The Labute approximate surface area is 101 Å². The topological polar surface area (TPSA) is 66.0 Å². The van der Waals surface area contributed by atoms with Gasteiger partial charge >= 0.3 is 0 Å². The van der Waals surface area contributed by atoms with Crippen LogP contribution in [-0.4, -0.2) is 33.0 Å². The molecule has 3 rings (SSSR count). The Morgan fingerprint density at radius 2 is 2.41 bits per heavy atom. The van der Waals surface area contributed by atoms with E-state index < -0.39 is 0 Å². The van der Waals surface area contributed by atoms with E-state index in [0.717, 1.165) is 31.8 Å². The van der Waals surface area contributed by atoms with E-state index in [2.05, 4.69) is 17.0 Å². The van der Waals surface area contributed by atoms with Crippen molar-refractivity contribution in [2.45, 2.75) is 50.8 Å². The summed E-state index contributed by atoms with van der Waals surface area (Å²) in [7, 11) is 0. The zero-order chi connectivity index (χ0) is 11.9. The lowest BCUT2D eigenvalue weighted by molar-refractivity contribution is 0.0618. The molecule has 1 aromatic rings. The van der Waals surface area contributed by atoms with Crippen LogP contribution < -0.4 is 5.73 Å². The minimum absolute atomic E-state index is 0.226. The molecule has 1 saturated heterocycles. The highest BCUT2D eigenvalue weighted by atomic mass is 16.5. The number of aromatic nitrogens is 3. The van der Waals surface area contributed by atoms with Crippen molar-refractivity contribution in [3.05, 3.63) is 12.2 Å². The van der Waals surface area contributed by atoms with E-state index in [9.17, 15) is 0 Å². The van der Waals surface area contributed by atoms with Crippen LogP contribution in [0.1, 0.15) is 32.0 Å². The molecule has 1 aromatic heterocycles. The average Bonchev–Trinajstić information content (AvgIpc) is 2.94. The molecule has 2 fully saturated rings. The molecule has 2 atom stereocenters. The van der Waals surface area contributed by atoms with E-state index in [1.165, 1.54) is 12.8 Å². The van der Waals surface area contributed by atoms with Crippen molar-refractivity contribution in [2.24, 2.45) is 11.7 Å². The standard InChI is InChI=1S/C12H20N4O/c1-2-16-10(14-8-15-16)7-12(13)5-6-17-11(12)9-3-4-9/h8-9,11H,2-7,13H2,1H3. The molecule has 5 nitrogen and oxygen atoms in total. The maximum absolute atomic E-state index is 6.55. The fourth-order valence-corrected chi connectivity index (χ4v) is 2.86. The molecular weight excluding hydrogens is 216 g/mol.